The van der Waals surface area contributed by atoms with Gasteiger partial charge in [0.15, 0.2) is 0 Å². The second-order valence-corrected chi connectivity index (χ2v) is 4.83. The minimum absolute atomic E-state index is 0.576. The fourth-order valence-electron chi connectivity index (χ4n) is 2.20. The lowest BCUT2D eigenvalue weighted by Gasteiger charge is -2.30. The lowest BCUT2D eigenvalue weighted by Crippen LogP contribution is -2.36. The summed E-state index contributed by atoms with van der Waals surface area (Å²) in [4.78, 5) is 2.37. The molecule has 0 aromatic heterocycles. The van der Waals surface area contributed by atoms with E-state index in [4.69, 9.17) is 5.73 Å². The first-order chi connectivity index (χ1) is 8.15. The van der Waals surface area contributed by atoms with Crippen LogP contribution in [0.3, 0.4) is 0 Å². The van der Waals surface area contributed by atoms with Crippen LogP contribution in [0.1, 0.15) is 18.4 Å². The van der Waals surface area contributed by atoms with Gasteiger partial charge in [0.25, 0.3) is 0 Å². The van der Waals surface area contributed by atoms with E-state index in [2.05, 4.69) is 36.0 Å². The zero-order valence-electron chi connectivity index (χ0n) is 10.4. The molecule has 0 bridgehead atoms. The third-order valence-electron chi connectivity index (χ3n) is 3.32. The number of nitrogens with one attached hydrogen (secondary N) is 1. The van der Waals surface area contributed by atoms with Gasteiger partial charge in [0.1, 0.15) is 0 Å². The van der Waals surface area contributed by atoms with E-state index in [1.807, 2.05) is 12.1 Å². The van der Waals surface area contributed by atoms with Gasteiger partial charge in [-0.2, -0.15) is 0 Å². The standard InChI is InChI=1S/C14H21N3/c1-11(15)12-4-3-5-14(10-12)16-13-6-8-17(2)9-7-13/h3-5,10,13,16H,1,6-9,15H2,2H3. The number of nitrogens with zero attached hydrogens (tertiary/aromatic N) is 1. The molecule has 3 N–H and O–H groups in total. The summed E-state index contributed by atoms with van der Waals surface area (Å²) in [6.07, 6.45) is 2.40. The van der Waals surface area contributed by atoms with E-state index < -0.39 is 0 Å². The van der Waals surface area contributed by atoms with E-state index in [1.54, 1.807) is 0 Å². The van der Waals surface area contributed by atoms with Crippen molar-refractivity contribution in [3.05, 3.63) is 36.4 Å². The molecular formula is C14H21N3. The Hall–Kier alpha value is -1.48. The Morgan fingerprint density at radius 3 is 2.76 bits per heavy atom. The normalized spacial score (nSPS) is 17.9. The highest BCUT2D eigenvalue weighted by molar-refractivity contribution is 5.64. The molecular weight excluding hydrogens is 210 g/mol. The average molecular weight is 231 g/mol. The van der Waals surface area contributed by atoms with E-state index in [9.17, 15) is 0 Å². The van der Waals surface area contributed by atoms with Crippen molar-refractivity contribution in [3.63, 3.8) is 0 Å². The first-order valence-corrected chi connectivity index (χ1v) is 6.15. The highest BCUT2D eigenvalue weighted by atomic mass is 15.1. The summed E-state index contributed by atoms with van der Waals surface area (Å²) in [6, 6.07) is 8.74. The molecule has 0 unspecified atom stereocenters. The van der Waals surface area contributed by atoms with Gasteiger partial charge in [0.05, 0.1) is 0 Å². The van der Waals surface area contributed by atoms with Gasteiger partial charge in [-0.05, 0) is 50.7 Å². The predicted octanol–water partition coefficient (Wildman–Crippen LogP) is 2.12. The second kappa shape index (κ2) is 5.23. The number of piperidine rings is 1. The van der Waals surface area contributed by atoms with Crippen LogP contribution >= 0.6 is 0 Å². The van der Waals surface area contributed by atoms with Crippen LogP contribution in [0.5, 0.6) is 0 Å². The number of rotatable bonds is 3. The van der Waals surface area contributed by atoms with Gasteiger partial charge in [-0.25, -0.2) is 0 Å². The van der Waals surface area contributed by atoms with Gasteiger partial charge in [-0.1, -0.05) is 18.7 Å². The summed E-state index contributed by atoms with van der Waals surface area (Å²) < 4.78 is 0. The summed E-state index contributed by atoms with van der Waals surface area (Å²) in [5.74, 6) is 0. The second-order valence-electron chi connectivity index (χ2n) is 4.83. The lowest BCUT2D eigenvalue weighted by molar-refractivity contribution is 0.264. The minimum atomic E-state index is 0.576. The summed E-state index contributed by atoms with van der Waals surface area (Å²) >= 11 is 0. The Bertz CT molecular complexity index is 392. The number of anilines is 1. The van der Waals surface area contributed by atoms with Crippen molar-refractivity contribution in [2.75, 3.05) is 25.5 Å². The number of likely N-dealkylation sites (tertiary alicyclic amines) is 1. The van der Waals surface area contributed by atoms with Gasteiger partial charge >= 0.3 is 0 Å². The molecule has 1 aliphatic rings. The Morgan fingerprint density at radius 2 is 2.12 bits per heavy atom. The summed E-state index contributed by atoms with van der Waals surface area (Å²) in [5, 5.41) is 3.57. The smallest absolute Gasteiger partial charge is 0.0349 e. The molecule has 17 heavy (non-hydrogen) atoms. The van der Waals surface area contributed by atoms with Gasteiger partial charge in [-0.15, -0.1) is 0 Å². The largest absolute Gasteiger partial charge is 0.399 e. The van der Waals surface area contributed by atoms with E-state index in [-0.39, 0.29) is 0 Å². The fourth-order valence-corrected chi connectivity index (χ4v) is 2.20. The topological polar surface area (TPSA) is 41.3 Å². The zero-order chi connectivity index (χ0) is 12.3. The van der Waals surface area contributed by atoms with Gasteiger partial charge in [-0.3, -0.25) is 0 Å². The zero-order valence-corrected chi connectivity index (χ0v) is 10.4. The number of nitrogens with two attached hydrogens (primary N) is 1. The number of hydrogen-bond acceptors (Lipinski definition) is 3. The molecule has 1 aliphatic heterocycles. The molecule has 0 amide bonds. The molecule has 0 aliphatic carbocycles. The molecule has 0 atom stereocenters. The number of hydrogen-bond donors (Lipinski definition) is 2. The molecule has 0 radical (unpaired) electrons. The van der Waals surface area contributed by atoms with Gasteiger partial charge in [0, 0.05) is 17.4 Å². The summed E-state index contributed by atoms with van der Waals surface area (Å²) in [6.45, 7) is 6.10. The maximum atomic E-state index is 5.71. The molecule has 0 spiro atoms. The summed E-state index contributed by atoms with van der Waals surface area (Å²) in [7, 11) is 2.18. The third-order valence-corrected chi connectivity index (χ3v) is 3.32. The van der Waals surface area contributed by atoms with Crippen LogP contribution in [0.15, 0.2) is 30.8 Å². The Labute approximate surface area is 103 Å². The average Bonchev–Trinajstić information content (AvgIpc) is 2.32. The van der Waals surface area contributed by atoms with E-state index in [0.29, 0.717) is 11.7 Å². The molecule has 0 saturated carbocycles. The molecule has 1 saturated heterocycles. The van der Waals surface area contributed by atoms with Crippen LogP contribution in [-0.4, -0.2) is 31.1 Å². The van der Waals surface area contributed by atoms with Crippen molar-refractivity contribution in [1.82, 2.24) is 4.90 Å². The first kappa shape index (κ1) is 12.0. The maximum Gasteiger partial charge on any atom is 0.0349 e. The molecule has 1 fully saturated rings. The highest BCUT2D eigenvalue weighted by Gasteiger charge is 2.16. The SMILES string of the molecule is C=C(N)c1cccc(NC2CCN(C)CC2)c1. The van der Waals surface area contributed by atoms with Crippen molar-refractivity contribution in [3.8, 4) is 0 Å². The third kappa shape index (κ3) is 3.24. The molecule has 2 rings (SSSR count). The predicted molar refractivity (Wildman–Crippen MR) is 73.8 cm³/mol. The maximum absolute atomic E-state index is 5.71. The Kier molecular flexibility index (Phi) is 3.69. The molecule has 92 valence electrons. The van der Waals surface area contributed by atoms with E-state index in [0.717, 1.165) is 11.3 Å². The van der Waals surface area contributed by atoms with Gasteiger partial charge < -0.3 is 16.0 Å². The van der Waals surface area contributed by atoms with Crippen LogP contribution in [0.2, 0.25) is 0 Å². The molecule has 3 heteroatoms. The van der Waals surface area contributed by atoms with Crippen LogP contribution < -0.4 is 11.1 Å². The van der Waals surface area contributed by atoms with Crippen molar-refractivity contribution in [2.45, 2.75) is 18.9 Å². The fraction of sp³-hybridized carbons (Fsp3) is 0.429. The van der Waals surface area contributed by atoms with Crippen molar-refractivity contribution in [2.24, 2.45) is 5.73 Å². The van der Waals surface area contributed by atoms with Crippen molar-refractivity contribution < 1.29 is 0 Å². The first-order valence-electron chi connectivity index (χ1n) is 6.15. The van der Waals surface area contributed by atoms with Crippen molar-refractivity contribution in [1.29, 1.82) is 0 Å². The van der Waals surface area contributed by atoms with E-state index in [1.165, 1.54) is 25.9 Å². The quantitative estimate of drug-likeness (QED) is 0.837. The Balaban J connectivity index is 1.98. The monoisotopic (exact) mass is 231 g/mol. The molecule has 1 aromatic carbocycles. The molecule has 1 aromatic rings. The Morgan fingerprint density at radius 1 is 1.41 bits per heavy atom. The molecule has 3 nitrogen and oxygen atoms in total. The lowest BCUT2D eigenvalue weighted by atomic mass is 10.0. The van der Waals surface area contributed by atoms with Crippen LogP contribution in [0, 0.1) is 0 Å². The number of benzene rings is 1. The highest BCUT2D eigenvalue weighted by Crippen LogP contribution is 2.18. The van der Waals surface area contributed by atoms with Crippen LogP contribution in [-0.2, 0) is 0 Å². The van der Waals surface area contributed by atoms with Crippen LogP contribution in [0.4, 0.5) is 5.69 Å². The molecule has 1 heterocycles. The van der Waals surface area contributed by atoms with Crippen molar-refractivity contribution >= 4 is 11.4 Å². The summed E-state index contributed by atoms with van der Waals surface area (Å²) in [5.41, 5.74) is 8.47. The van der Waals surface area contributed by atoms with Gasteiger partial charge in [0.2, 0.25) is 0 Å². The minimum Gasteiger partial charge on any atom is -0.399 e. The van der Waals surface area contributed by atoms with E-state index >= 15 is 0 Å². The van der Waals surface area contributed by atoms with Crippen LogP contribution in [0.25, 0.3) is 5.70 Å².